The zero-order valence-electron chi connectivity index (χ0n) is 18.5. The number of amides is 3. The number of nitrogens with one attached hydrogen (secondary N) is 4. The second-order valence-electron chi connectivity index (χ2n) is 8.38. The van der Waals surface area contributed by atoms with Gasteiger partial charge in [-0.3, -0.25) is 19.2 Å². The number of aromatic amines is 1. The molecule has 7 N–H and O–H groups in total. The van der Waals surface area contributed by atoms with Crippen LogP contribution in [0.2, 0.25) is 0 Å². The van der Waals surface area contributed by atoms with E-state index in [2.05, 4.69) is 25.9 Å². The summed E-state index contributed by atoms with van der Waals surface area (Å²) in [5.41, 5.74) is 6.56. The van der Waals surface area contributed by atoms with Crippen LogP contribution in [-0.4, -0.2) is 63.4 Å². The standard InChI is InChI=1S/C20H34N6O5/c1-11(2)5-14(21)18(29)25-16(7-13-8-22-10-24-13)20(31)26-15(6-12(3)4)19(30)23-9-17(27)28/h8,10-12,14-16H,5-7,9,21H2,1-4H3,(H,22,24)(H,23,30)(H,25,29)(H,26,31)(H,27,28). The highest BCUT2D eigenvalue weighted by atomic mass is 16.4. The van der Waals surface area contributed by atoms with Crippen LogP contribution in [0, 0.1) is 11.8 Å². The van der Waals surface area contributed by atoms with E-state index in [0.29, 0.717) is 18.5 Å². The van der Waals surface area contributed by atoms with Crippen LogP contribution < -0.4 is 21.7 Å². The van der Waals surface area contributed by atoms with Gasteiger partial charge in [-0.1, -0.05) is 27.7 Å². The topological polar surface area (TPSA) is 179 Å². The average Bonchev–Trinajstić information content (AvgIpc) is 3.17. The van der Waals surface area contributed by atoms with Gasteiger partial charge in [-0.2, -0.15) is 0 Å². The molecule has 0 radical (unpaired) electrons. The zero-order chi connectivity index (χ0) is 23.6. The normalized spacial score (nSPS) is 14.0. The Morgan fingerprint density at radius 2 is 1.61 bits per heavy atom. The molecule has 3 unspecified atom stereocenters. The van der Waals surface area contributed by atoms with E-state index in [-0.39, 0.29) is 18.3 Å². The molecule has 0 aliphatic heterocycles. The van der Waals surface area contributed by atoms with Gasteiger partial charge in [-0.15, -0.1) is 0 Å². The fourth-order valence-corrected chi connectivity index (χ4v) is 2.98. The molecule has 1 aromatic heterocycles. The summed E-state index contributed by atoms with van der Waals surface area (Å²) in [6.45, 7) is 7.07. The molecule has 0 aliphatic carbocycles. The van der Waals surface area contributed by atoms with Crippen molar-refractivity contribution in [2.75, 3.05) is 6.54 Å². The van der Waals surface area contributed by atoms with Crippen molar-refractivity contribution in [3.8, 4) is 0 Å². The predicted molar refractivity (Wildman–Crippen MR) is 114 cm³/mol. The molecular weight excluding hydrogens is 404 g/mol. The smallest absolute Gasteiger partial charge is 0.322 e. The monoisotopic (exact) mass is 438 g/mol. The maximum absolute atomic E-state index is 13.0. The SMILES string of the molecule is CC(C)CC(N)C(=O)NC(Cc1cnc[nH]1)C(=O)NC(CC(C)C)C(=O)NCC(=O)O. The molecule has 11 heteroatoms. The van der Waals surface area contributed by atoms with Gasteiger partial charge in [0.05, 0.1) is 12.4 Å². The number of nitrogens with two attached hydrogens (primary N) is 1. The number of carbonyl (C=O) groups excluding carboxylic acids is 3. The van der Waals surface area contributed by atoms with E-state index in [1.54, 1.807) is 0 Å². The molecule has 0 fully saturated rings. The first-order chi connectivity index (χ1) is 14.5. The van der Waals surface area contributed by atoms with Gasteiger partial charge in [-0.25, -0.2) is 4.98 Å². The van der Waals surface area contributed by atoms with Gasteiger partial charge in [0.25, 0.3) is 0 Å². The molecule has 0 saturated heterocycles. The van der Waals surface area contributed by atoms with Crippen LogP contribution >= 0.6 is 0 Å². The highest BCUT2D eigenvalue weighted by Crippen LogP contribution is 2.08. The van der Waals surface area contributed by atoms with Crippen LogP contribution in [0.15, 0.2) is 12.5 Å². The van der Waals surface area contributed by atoms with E-state index in [1.165, 1.54) is 12.5 Å². The summed E-state index contributed by atoms with van der Waals surface area (Å²) in [5.74, 6) is -2.58. The number of hydrogen-bond acceptors (Lipinski definition) is 6. The molecule has 174 valence electrons. The van der Waals surface area contributed by atoms with Gasteiger partial charge in [0.1, 0.15) is 18.6 Å². The predicted octanol–water partition coefficient (Wildman–Crippen LogP) is -0.458. The van der Waals surface area contributed by atoms with Crippen LogP contribution in [0.5, 0.6) is 0 Å². The number of carboxylic acid groups (broad SMARTS) is 1. The molecule has 11 nitrogen and oxygen atoms in total. The van der Waals surface area contributed by atoms with Crippen molar-refractivity contribution >= 4 is 23.7 Å². The third kappa shape index (κ3) is 10.1. The van der Waals surface area contributed by atoms with E-state index >= 15 is 0 Å². The molecule has 0 aliphatic rings. The van der Waals surface area contributed by atoms with Crippen molar-refractivity contribution in [1.29, 1.82) is 0 Å². The number of aliphatic carboxylic acids is 1. The summed E-state index contributed by atoms with van der Waals surface area (Å²) >= 11 is 0. The average molecular weight is 439 g/mol. The van der Waals surface area contributed by atoms with E-state index in [0.717, 1.165) is 0 Å². The number of carbonyl (C=O) groups is 4. The third-order valence-corrected chi connectivity index (χ3v) is 4.43. The molecule has 0 saturated carbocycles. The number of imidazole rings is 1. The lowest BCUT2D eigenvalue weighted by atomic mass is 10.0. The summed E-state index contributed by atoms with van der Waals surface area (Å²) < 4.78 is 0. The van der Waals surface area contributed by atoms with E-state index in [4.69, 9.17) is 10.8 Å². The van der Waals surface area contributed by atoms with Crippen molar-refractivity contribution in [3.05, 3.63) is 18.2 Å². The van der Waals surface area contributed by atoms with Crippen molar-refractivity contribution in [3.63, 3.8) is 0 Å². The van der Waals surface area contributed by atoms with Crippen LogP contribution in [-0.2, 0) is 25.6 Å². The Bertz CT molecular complexity index is 734. The number of nitrogens with zero attached hydrogens (tertiary/aromatic N) is 1. The van der Waals surface area contributed by atoms with Crippen LogP contribution in [0.25, 0.3) is 0 Å². The van der Waals surface area contributed by atoms with Crippen LogP contribution in [0.4, 0.5) is 0 Å². The Hall–Kier alpha value is -2.95. The molecule has 1 rings (SSSR count). The first-order valence-corrected chi connectivity index (χ1v) is 10.3. The van der Waals surface area contributed by atoms with Gasteiger partial charge in [-0.05, 0) is 24.7 Å². The molecule has 1 heterocycles. The van der Waals surface area contributed by atoms with E-state index in [1.807, 2.05) is 27.7 Å². The number of H-pyrrole nitrogens is 1. The number of rotatable bonds is 13. The molecular formula is C20H34N6O5. The summed E-state index contributed by atoms with van der Waals surface area (Å²) in [6, 6.07) is -2.71. The van der Waals surface area contributed by atoms with Gasteiger partial charge in [0, 0.05) is 18.3 Å². The van der Waals surface area contributed by atoms with Gasteiger partial charge in [0.2, 0.25) is 17.7 Å². The molecule has 3 amide bonds. The Balaban J connectivity index is 2.94. The Kier molecular flexibility index (Phi) is 10.7. The lowest BCUT2D eigenvalue weighted by Crippen LogP contribution is -2.57. The van der Waals surface area contributed by atoms with E-state index < -0.39 is 48.4 Å². The van der Waals surface area contributed by atoms with E-state index in [9.17, 15) is 19.2 Å². The third-order valence-electron chi connectivity index (χ3n) is 4.43. The summed E-state index contributed by atoms with van der Waals surface area (Å²) in [7, 11) is 0. The highest BCUT2D eigenvalue weighted by molar-refractivity contribution is 5.93. The Morgan fingerprint density at radius 1 is 1.00 bits per heavy atom. The molecule has 31 heavy (non-hydrogen) atoms. The quantitative estimate of drug-likeness (QED) is 0.241. The molecule has 3 atom stereocenters. The minimum Gasteiger partial charge on any atom is -0.480 e. The van der Waals surface area contributed by atoms with Crippen LogP contribution in [0.1, 0.15) is 46.2 Å². The Labute approximate surface area is 181 Å². The first-order valence-electron chi connectivity index (χ1n) is 10.3. The summed E-state index contributed by atoms with van der Waals surface area (Å²) in [5, 5.41) is 16.4. The summed E-state index contributed by atoms with van der Waals surface area (Å²) in [4.78, 5) is 55.4. The van der Waals surface area contributed by atoms with Crippen molar-refractivity contribution in [1.82, 2.24) is 25.9 Å². The first kappa shape index (κ1) is 26.1. The summed E-state index contributed by atoms with van der Waals surface area (Å²) in [6.07, 6.45) is 3.87. The lowest BCUT2D eigenvalue weighted by molar-refractivity contribution is -0.138. The molecule has 0 aromatic carbocycles. The zero-order valence-corrected chi connectivity index (χ0v) is 18.5. The number of hydrogen-bond donors (Lipinski definition) is 6. The van der Waals surface area contributed by atoms with Crippen molar-refractivity contribution in [2.24, 2.45) is 17.6 Å². The minimum absolute atomic E-state index is 0.0565. The second-order valence-corrected chi connectivity index (χ2v) is 8.38. The maximum atomic E-state index is 13.0. The van der Waals surface area contributed by atoms with Crippen molar-refractivity contribution in [2.45, 2.75) is 65.1 Å². The fraction of sp³-hybridized carbons (Fsp3) is 0.650. The molecule has 0 spiro atoms. The molecule has 0 bridgehead atoms. The Morgan fingerprint density at radius 3 is 2.13 bits per heavy atom. The molecule has 1 aromatic rings. The second kappa shape index (κ2) is 12.7. The highest BCUT2D eigenvalue weighted by Gasteiger charge is 2.29. The maximum Gasteiger partial charge on any atom is 0.322 e. The van der Waals surface area contributed by atoms with Crippen LogP contribution in [0.3, 0.4) is 0 Å². The number of aromatic nitrogens is 2. The minimum atomic E-state index is -1.19. The van der Waals surface area contributed by atoms with Gasteiger partial charge >= 0.3 is 5.97 Å². The largest absolute Gasteiger partial charge is 0.480 e. The van der Waals surface area contributed by atoms with Gasteiger partial charge in [0.15, 0.2) is 0 Å². The number of carboxylic acids is 1. The van der Waals surface area contributed by atoms with Gasteiger partial charge < -0.3 is 31.8 Å². The lowest BCUT2D eigenvalue weighted by Gasteiger charge is -2.25. The fourth-order valence-electron chi connectivity index (χ4n) is 2.98. The van der Waals surface area contributed by atoms with Crippen molar-refractivity contribution < 1.29 is 24.3 Å².